The van der Waals surface area contributed by atoms with Crippen molar-refractivity contribution in [3.8, 4) is 11.5 Å². The Labute approximate surface area is 181 Å². The number of amides is 1. The molecule has 0 saturated carbocycles. The minimum absolute atomic E-state index is 0.0643. The third-order valence-electron chi connectivity index (χ3n) is 5.23. The highest BCUT2D eigenvalue weighted by molar-refractivity contribution is 5.94. The van der Waals surface area contributed by atoms with Gasteiger partial charge in [-0.05, 0) is 66.2 Å². The molecule has 0 unspecified atom stereocenters. The summed E-state index contributed by atoms with van der Waals surface area (Å²) >= 11 is 0. The van der Waals surface area contributed by atoms with Crippen molar-refractivity contribution < 1.29 is 18.7 Å². The molecule has 1 amide bonds. The molecule has 0 spiro atoms. The highest BCUT2D eigenvalue weighted by Gasteiger charge is 2.14. The van der Waals surface area contributed by atoms with Gasteiger partial charge in [0.15, 0.2) is 0 Å². The number of benzene rings is 3. The highest BCUT2D eigenvalue weighted by Crippen LogP contribution is 2.23. The van der Waals surface area contributed by atoms with E-state index < -0.39 is 0 Å². The third kappa shape index (κ3) is 5.41. The molecule has 1 fully saturated rings. The molecule has 31 heavy (non-hydrogen) atoms. The first-order valence-corrected chi connectivity index (χ1v) is 10.3. The number of carbonyl (C=O) groups is 1. The molecule has 5 nitrogen and oxygen atoms in total. The summed E-state index contributed by atoms with van der Waals surface area (Å²) < 4.78 is 24.1. The molecule has 3 aromatic rings. The molecule has 1 aliphatic rings. The van der Waals surface area contributed by atoms with Gasteiger partial charge in [-0.2, -0.15) is 0 Å². The van der Waals surface area contributed by atoms with E-state index in [4.69, 9.17) is 9.47 Å². The van der Waals surface area contributed by atoms with Gasteiger partial charge in [-0.15, -0.1) is 0 Å². The number of ether oxygens (including phenoxy) is 2. The topological polar surface area (TPSA) is 42.0 Å². The molecule has 0 aliphatic carbocycles. The van der Waals surface area contributed by atoms with Crippen molar-refractivity contribution in [1.29, 1.82) is 0 Å². The molecular formula is C25H25FN2O3. The normalized spacial score (nSPS) is 13.7. The Kier molecular flexibility index (Phi) is 6.48. The number of nitrogens with zero attached hydrogens (tertiary/aromatic N) is 2. The Morgan fingerprint density at radius 2 is 1.52 bits per heavy atom. The van der Waals surface area contributed by atoms with E-state index in [0.29, 0.717) is 23.6 Å². The van der Waals surface area contributed by atoms with Crippen LogP contribution in [0.1, 0.15) is 15.9 Å². The van der Waals surface area contributed by atoms with Crippen molar-refractivity contribution in [2.75, 3.05) is 38.3 Å². The maximum atomic E-state index is 13.0. The zero-order valence-corrected chi connectivity index (χ0v) is 17.5. The molecule has 0 radical (unpaired) electrons. The number of rotatable bonds is 6. The van der Waals surface area contributed by atoms with E-state index >= 15 is 0 Å². The largest absolute Gasteiger partial charge is 0.457 e. The molecule has 6 heteroatoms. The maximum Gasteiger partial charge on any atom is 0.253 e. The van der Waals surface area contributed by atoms with Gasteiger partial charge in [-0.1, -0.05) is 12.1 Å². The summed E-state index contributed by atoms with van der Waals surface area (Å²) in [5, 5.41) is 0. The molecular weight excluding hydrogens is 395 g/mol. The average molecular weight is 420 g/mol. The molecule has 0 aromatic heterocycles. The smallest absolute Gasteiger partial charge is 0.253 e. The van der Waals surface area contributed by atoms with Gasteiger partial charge in [0.1, 0.15) is 17.3 Å². The van der Waals surface area contributed by atoms with Gasteiger partial charge in [0, 0.05) is 37.9 Å². The summed E-state index contributed by atoms with van der Waals surface area (Å²) in [5.74, 6) is 0.750. The maximum absolute atomic E-state index is 13.0. The van der Waals surface area contributed by atoms with Crippen molar-refractivity contribution in [1.82, 2.24) is 4.90 Å². The number of halogens is 1. The first-order valence-electron chi connectivity index (χ1n) is 10.3. The van der Waals surface area contributed by atoms with Crippen LogP contribution in [0.2, 0.25) is 0 Å². The van der Waals surface area contributed by atoms with Crippen LogP contribution in [0.3, 0.4) is 0 Å². The second-order valence-corrected chi connectivity index (χ2v) is 7.51. The van der Waals surface area contributed by atoms with Crippen LogP contribution >= 0.6 is 0 Å². The number of anilines is 1. The fraction of sp³-hybridized carbons (Fsp3) is 0.240. The fourth-order valence-corrected chi connectivity index (χ4v) is 3.50. The van der Waals surface area contributed by atoms with Crippen molar-refractivity contribution in [3.05, 3.63) is 89.7 Å². The molecule has 1 heterocycles. The minimum Gasteiger partial charge on any atom is -0.457 e. The second kappa shape index (κ2) is 9.62. The average Bonchev–Trinajstić information content (AvgIpc) is 2.82. The molecule has 4 rings (SSSR count). The summed E-state index contributed by atoms with van der Waals surface area (Å²) in [4.78, 5) is 16.8. The molecule has 0 bridgehead atoms. The van der Waals surface area contributed by atoms with Crippen LogP contribution in [0, 0.1) is 5.82 Å². The summed E-state index contributed by atoms with van der Waals surface area (Å²) in [7, 11) is 1.79. The lowest BCUT2D eigenvalue weighted by Gasteiger charge is -2.29. The lowest BCUT2D eigenvalue weighted by Crippen LogP contribution is -2.36. The van der Waals surface area contributed by atoms with E-state index in [1.54, 1.807) is 48.3 Å². The lowest BCUT2D eigenvalue weighted by atomic mass is 10.1. The molecule has 1 aliphatic heterocycles. The Balaban J connectivity index is 1.34. The van der Waals surface area contributed by atoms with E-state index in [0.717, 1.165) is 31.9 Å². The van der Waals surface area contributed by atoms with Crippen molar-refractivity contribution >= 4 is 11.6 Å². The summed E-state index contributed by atoms with van der Waals surface area (Å²) in [6.07, 6.45) is 0. The van der Waals surface area contributed by atoms with Crippen LogP contribution in [-0.4, -0.2) is 44.2 Å². The van der Waals surface area contributed by atoms with Crippen LogP contribution in [0.4, 0.5) is 10.1 Å². The summed E-state index contributed by atoms with van der Waals surface area (Å²) in [6, 6.07) is 21.1. The molecule has 3 aromatic carbocycles. The highest BCUT2D eigenvalue weighted by atomic mass is 19.1. The lowest BCUT2D eigenvalue weighted by molar-refractivity contribution is 0.0785. The monoisotopic (exact) mass is 420 g/mol. The second-order valence-electron chi connectivity index (χ2n) is 7.51. The van der Waals surface area contributed by atoms with E-state index in [-0.39, 0.29) is 11.7 Å². The van der Waals surface area contributed by atoms with Gasteiger partial charge in [-0.25, -0.2) is 4.39 Å². The van der Waals surface area contributed by atoms with Gasteiger partial charge in [0.05, 0.1) is 13.2 Å². The van der Waals surface area contributed by atoms with Crippen LogP contribution < -0.4 is 9.64 Å². The van der Waals surface area contributed by atoms with E-state index in [1.807, 2.05) is 0 Å². The minimum atomic E-state index is -0.313. The zero-order valence-electron chi connectivity index (χ0n) is 17.5. The van der Waals surface area contributed by atoms with Gasteiger partial charge in [0.25, 0.3) is 5.91 Å². The van der Waals surface area contributed by atoms with Gasteiger partial charge >= 0.3 is 0 Å². The Morgan fingerprint density at radius 3 is 2.13 bits per heavy atom. The van der Waals surface area contributed by atoms with E-state index in [1.165, 1.54) is 17.8 Å². The molecule has 160 valence electrons. The van der Waals surface area contributed by atoms with Crippen LogP contribution in [0.15, 0.2) is 72.8 Å². The van der Waals surface area contributed by atoms with Crippen LogP contribution in [0.25, 0.3) is 0 Å². The zero-order chi connectivity index (χ0) is 21.6. The predicted molar refractivity (Wildman–Crippen MR) is 118 cm³/mol. The Morgan fingerprint density at radius 1 is 0.935 bits per heavy atom. The van der Waals surface area contributed by atoms with Gasteiger partial charge < -0.3 is 19.3 Å². The molecule has 0 N–H and O–H groups in total. The molecule has 0 atom stereocenters. The first kappa shape index (κ1) is 20.9. The van der Waals surface area contributed by atoms with Crippen molar-refractivity contribution in [2.24, 2.45) is 0 Å². The van der Waals surface area contributed by atoms with E-state index in [9.17, 15) is 9.18 Å². The van der Waals surface area contributed by atoms with Gasteiger partial charge in [-0.3, -0.25) is 4.79 Å². The summed E-state index contributed by atoms with van der Waals surface area (Å²) in [6.45, 7) is 3.84. The third-order valence-corrected chi connectivity index (χ3v) is 5.23. The van der Waals surface area contributed by atoms with Gasteiger partial charge in [0.2, 0.25) is 0 Å². The van der Waals surface area contributed by atoms with Crippen LogP contribution in [-0.2, 0) is 11.3 Å². The standard InChI is InChI=1S/C25H25FN2O3/c1-27(18-19-2-8-22(9-3-19)28-14-16-30-17-15-28)25(29)20-4-10-23(11-5-20)31-24-12-6-21(26)7-13-24/h2-13H,14-18H2,1H3. The fourth-order valence-electron chi connectivity index (χ4n) is 3.50. The number of carbonyl (C=O) groups excluding carboxylic acids is 1. The number of morpholine rings is 1. The van der Waals surface area contributed by atoms with Crippen LogP contribution in [0.5, 0.6) is 11.5 Å². The number of hydrogen-bond donors (Lipinski definition) is 0. The first-order chi connectivity index (χ1) is 15.1. The Bertz CT molecular complexity index is 998. The predicted octanol–water partition coefficient (Wildman–Crippen LogP) is 4.73. The Hall–Kier alpha value is -3.38. The quantitative estimate of drug-likeness (QED) is 0.578. The number of hydrogen-bond acceptors (Lipinski definition) is 4. The van der Waals surface area contributed by atoms with E-state index in [2.05, 4.69) is 29.2 Å². The SMILES string of the molecule is CN(Cc1ccc(N2CCOCC2)cc1)C(=O)c1ccc(Oc2ccc(F)cc2)cc1. The molecule has 1 saturated heterocycles. The van der Waals surface area contributed by atoms with Crippen molar-refractivity contribution in [2.45, 2.75) is 6.54 Å². The summed E-state index contributed by atoms with van der Waals surface area (Å²) in [5.41, 5.74) is 2.83. The van der Waals surface area contributed by atoms with Crippen molar-refractivity contribution in [3.63, 3.8) is 0 Å².